The highest BCUT2D eigenvalue weighted by atomic mass is 35.5. The van der Waals surface area contributed by atoms with Gasteiger partial charge in [-0.3, -0.25) is 9.78 Å². The second-order valence-electron chi connectivity index (χ2n) is 7.28. The van der Waals surface area contributed by atoms with Crippen LogP contribution in [0.5, 0.6) is 11.5 Å². The Bertz CT molecular complexity index is 1460. The predicted molar refractivity (Wildman–Crippen MR) is 135 cm³/mol. The summed E-state index contributed by atoms with van der Waals surface area (Å²) in [5, 5.41) is 14.1. The number of hydrazone groups is 1. The number of rotatable bonds is 8. The summed E-state index contributed by atoms with van der Waals surface area (Å²) in [6, 6.07) is 23.6. The van der Waals surface area contributed by atoms with Crippen LogP contribution in [0.15, 0.2) is 82.7 Å². The fourth-order valence-electron chi connectivity index (χ4n) is 3.31. The van der Waals surface area contributed by atoms with Gasteiger partial charge in [-0.15, -0.1) is 0 Å². The van der Waals surface area contributed by atoms with E-state index >= 15 is 0 Å². The number of benzene rings is 3. The van der Waals surface area contributed by atoms with Crippen molar-refractivity contribution >= 4 is 23.8 Å². The number of aromatic amines is 1. The highest BCUT2D eigenvalue weighted by Gasteiger charge is 2.13. The lowest BCUT2D eigenvalue weighted by molar-refractivity contribution is 0.297. The average Bonchev–Trinajstić information content (AvgIpc) is 2.88. The van der Waals surface area contributed by atoms with Gasteiger partial charge in [-0.2, -0.15) is 10.4 Å². The molecule has 174 valence electrons. The number of nitriles is 1. The molecule has 0 aliphatic rings. The molecule has 3 aromatic carbocycles. The van der Waals surface area contributed by atoms with E-state index in [0.29, 0.717) is 22.1 Å². The molecule has 0 radical (unpaired) electrons. The van der Waals surface area contributed by atoms with E-state index in [4.69, 9.17) is 21.1 Å². The predicted octanol–water partition coefficient (Wildman–Crippen LogP) is 5.00. The van der Waals surface area contributed by atoms with Crippen LogP contribution in [0.3, 0.4) is 0 Å². The Morgan fingerprint density at radius 2 is 1.89 bits per heavy atom. The van der Waals surface area contributed by atoms with Crippen molar-refractivity contribution in [1.82, 2.24) is 9.97 Å². The van der Waals surface area contributed by atoms with Gasteiger partial charge in [0.15, 0.2) is 0 Å². The van der Waals surface area contributed by atoms with Crippen LogP contribution >= 0.6 is 11.6 Å². The summed E-state index contributed by atoms with van der Waals surface area (Å²) in [4.78, 5) is 19.3. The summed E-state index contributed by atoms with van der Waals surface area (Å²) >= 11 is 6.17. The zero-order valence-electron chi connectivity index (χ0n) is 18.7. The van der Waals surface area contributed by atoms with Crippen LogP contribution in [0, 0.1) is 11.3 Å². The zero-order chi connectivity index (χ0) is 24.6. The number of anilines is 1. The standard InChI is InChI=1S/C26H20ClN5O3/c1-34-22-12-11-17(13-19(22)16-35-23-10-6-5-9-21(23)27)15-29-32-26-30-24(18-7-3-2-4-8-18)20(14-28)25(33)31-26/h2-13,15H,16H2,1H3,(H2,30,31,32,33). The second kappa shape index (κ2) is 11.0. The van der Waals surface area contributed by atoms with Crippen molar-refractivity contribution in [1.29, 1.82) is 5.26 Å². The Hall–Kier alpha value is -4.61. The Morgan fingerprint density at radius 1 is 1.11 bits per heavy atom. The van der Waals surface area contributed by atoms with Crippen molar-refractivity contribution in [2.45, 2.75) is 6.61 Å². The molecule has 4 aromatic rings. The summed E-state index contributed by atoms with van der Waals surface area (Å²) in [6.07, 6.45) is 1.57. The highest BCUT2D eigenvalue weighted by molar-refractivity contribution is 6.32. The maximum absolute atomic E-state index is 12.4. The third-order valence-electron chi connectivity index (χ3n) is 4.99. The molecule has 0 atom stereocenters. The van der Waals surface area contributed by atoms with Crippen molar-refractivity contribution in [3.05, 3.63) is 105 Å². The van der Waals surface area contributed by atoms with Crippen LogP contribution in [-0.2, 0) is 6.61 Å². The lowest BCUT2D eigenvalue weighted by Gasteiger charge is -2.12. The van der Waals surface area contributed by atoms with E-state index < -0.39 is 5.56 Å². The summed E-state index contributed by atoms with van der Waals surface area (Å²) in [7, 11) is 1.58. The number of methoxy groups -OCH3 is 1. The monoisotopic (exact) mass is 485 g/mol. The van der Waals surface area contributed by atoms with Gasteiger partial charge in [0.2, 0.25) is 5.95 Å². The number of para-hydroxylation sites is 1. The van der Waals surface area contributed by atoms with Crippen molar-refractivity contribution in [3.63, 3.8) is 0 Å². The van der Waals surface area contributed by atoms with Crippen molar-refractivity contribution in [2.75, 3.05) is 12.5 Å². The molecule has 0 fully saturated rings. The average molecular weight is 486 g/mol. The van der Waals surface area contributed by atoms with Crippen LogP contribution in [0.2, 0.25) is 5.02 Å². The van der Waals surface area contributed by atoms with Crippen LogP contribution < -0.4 is 20.5 Å². The number of hydrogen-bond donors (Lipinski definition) is 2. The molecule has 9 heteroatoms. The number of H-pyrrole nitrogens is 1. The quantitative estimate of drug-likeness (QED) is 0.268. The Balaban J connectivity index is 1.53. The molecule has 0 spiro atoms. The molecule has 0 saturated carbocycles. The smallest absolute Gasteiger partial charge is 0.270 e. The minimum absolute atomic E-state index is 0.0657. The molecule has 1 aromatic heterocycles. The van der Waals surface area contributed by atoms with Crippen LogP contribution in [0.1, 0.15) is 16.7 Å². The maximum Gasteiger partial charge on any atom is 0.270 e. The van der Waals surface area contributed by atoms with Gasteiger partial charge in [0.25, 0.3) is 5.56 Å². The van der Waals surface area contributed by atoms with Crippen LogP contribution in [0.4, 0.5) is 5.95 Å². The van der Waals surface area contributed by atoms with E-state index in [1.165, 1.54) is 0 Å². The minimum atomic E-state index is -0.553. The molecule has 0 amide bonds. The fourth-order valence-corrected chi connectivity index (χ4v) is 3.50. The fraction of sp³-hybridized carbons (Fsp3) is 0.0769. The normalized spacial score (nSPS) is 10.7. The molecule has 4 rings (SSSR count). The summed E-state index contributed by atoms with van der Waals surface area (Å²) in [5.74, 6) is 1.34. The van der Waals surface area contributed by atoms with Crippen LogP contribution in [-0.4, -0.2) is 23.3 Å². The third kappa shape index (κ3) is 5.66. The van der Waals surface area contributed by atoms with Gasteiger partial charge < -0.3 is 9.47 Å². The Kier molecular flexibility index (Phi) is 7.40. The van der Waals surface area contributed by atoms with E-state index in [1.54, 1.807) is 49.7 Å². The number of aromatic nitrogens is 2. The van der Waals surface area contributed by atoms with Gasteiger partial charge in [0.1, 0.15) is 29.7 Å². The lowest BCUT2D eigenvalue weighted by atomic mass is 10.1. The summed E-state index contributed by atoms with van der Waals surface area (Å²) < 4.78 is 11.3. The lowest BCUT2D eigenvalue weighted by Crippen LogP contribution is -2.16. The molecular formula is C26H20ClN5O3. The van der Waals surface area contributed by atoms with E-state index in [1.807, 2.05) is 42.5 Å². The van der Waals surface area contributed by atoms with E-state index in [9.17, 15) is 10.1 Å². The van der Waals surface area contributed by atoms with Gasteiger partial charge in [-0.25, -0.2) is 10.4 Å². The van der Waals surface area contributed by atoms with Gasteiger partial charge >= 0.3 is 0 Å². The number of nitrogens with one attached hydrogen (secondary N) is 2. The van der Waals surface area contributed by atoms with Gasteiger partial charge in [-0.05, 0) is 35.9 Å². The molecule has 0 aliphatic heterocycles. The zero-order valence-corrected chi connectivity index (χ0v) is 19.4. The molecular weight excluding hydrogens is 466 g/mol. The first-order chi connectivity index (χ1) is 17.1. The van der Waals surface area contributed by atoms with Gasteiger partial charge in [0.05, 0.1) is 24.0 Å². The minimum Gasteiger partial charge on any atom is -0.496 e. The summed E-state index contributed by atoms with van der Waals surface area (Å²) in [5.41, 5.74) is 4.59. The molecule has 1 heterocycles. The molecule has 0 unspecified atom stereocenters. The molecule has 2 N–H and O–H groups in total. The molecule has 0 aliphatic carbocycles. The van der Waals surface area contributed by atoms with Crippen LogP contribution in [0.25, 0.3) is 11.3 Å². The van der Waals surface area contributed by atoms with Crippen molar-refractivity contribution in [2.24, 2.45) is 5.10 Å². The number of hydrogen-bond acceptors (Lipinski definition) is 7. The van der Waals surface area contributed by atoms with E-state index in [0.717, 1.165) is 11.1 Å². The first-order valence-corrected chi connectivity index (χ1v) is 10.9. The Labute approximate surface area is 206 Å². The SMILES string of the molecule is COc1ccc(C=NNc2nc(-c3ccccc3)c(C#N)c(=O)[nH]2)cc1COc1ccccc1Cl. The molecule has 8 nitrogen and oxygen atoms in total. The molecule has 0 bridgehead atoms. The first kappa shape index (κ1) is 23.5. The van der Waals surface area contributed by atoms with Gasteiger partial charge in [-0.1, -0.05) is 54.1 Å². The number of ether oxygens (including phenoxy) is 2. The van der Waals surface area contributed by atoms with Crippen molar-refractivity contribution in [3.8, 4) is 28.8 Å². The van der Waals surface area contributed by atoms with E-state index in [2.05, 4.69) is 20.5 Å². The van der Waals surface area contributed by atoms with Crippen molar-refractivity contribution < 1.29 is 9.47 Å². The third-order valence-corrected chi connectivity index (χ3v) is 5.30. The maximum atomic E-state index is 12.4. The Morgan fingerprint density at radius 3 is 2.63 bits per heavy atom. The number of nitrogens with zero attached hydrogens (tertiary/aromatic N) is 3. The highest BCUT2D eigenvalue weighted by Crippen LogP contribution is 2.26. The molecule has 35 heavy (non-hydrogen) atoms. The topological polar surface area (TPSA) is 112 Å². The van der Waals surface area contributed by atoms with E-state index in [-0.39, 0.29) is 23.8 Å². The van der Waals surface area contributed by atoms with Gasteiger partial charge in [0, 0.05) is 11.1 Å². The second-order valence-corrected chi connectivity index (χ2v) is 7.68. The first-order valence-electron chi connectivity index (χ1n) is 10.5. The number of halogens is 1. The molecule has 0 saturated heterocycles. The summed E-state index contributed by atoms with van der Waals surface area (Å²) in [6.45, 7) is 0.243. The largest absolute Gasteiger partial charge is 0.496 e.